The zero-order valence-corrected chi connectivity index (χ0v) is 9.60. The fraction of sp³-hybridized carbons (Fsp3) is 0.455. The number of esters is 1. The topological polar surface area (TPSA) is 78.4 Å². The molecule has 1 heterocycles. The smallest absolute Gasteiger partial charge is 0.320 e. The van der Waals surface area contributed by atoms with Gasteiger partial charge < -0.3 is 9.47 Å². The molecule has 6 nitrogen and oxygen atoms in total. The van der Waals surface area contributed by atoms with Crippen molar-refractivity contribution in [2.75, 3.05) is 14.2 Å². The van der Waals surface area contributed by atoms with Crippen LogP contribution in [0.15, 0.2) is 6.20 Å². The third kappa shape index (κ3) is 1.98. The Balaban J connectivity index is 2.45. The van der Waals surface area contributed by atoms with Gasteiger partial charge in [-0.15, -0.1) is 0 Å². The molecule has 0 N–H and O–H groups in total. The highest BCUT2D eigenvalue weighted by atomic mass is 16.5. The quantitative estimate of drug-likeness (QED) is 0.541. The highest BCUT2D eigenvalue weighted by molar-refractivity contribution is 6.05. The Labute approximate surface area is 98.0 Å². The molecule has 1 aliphatic rings. The summed E-state index contributed by atoms with van der Waals surface area (Å²) in [5.74, 6) is -1.61. The van der Waals surface area contributed by atoms with Crippen LogP contribution in [0.5, 0.6) is 6.01 Å². The van der Waals surface area contributed by atoms with Crippen molar-refractivity contribution in [1.82, 2.24) is 9.97 Å². The van der Waals surface area contributed by atoms with Gasteiger partial charge in [0.05, 0.1) is 19.9 Å². The zero-order valence-electron chi connectivity index (χ0n) is 9.60. The fourth-order valence-electron chi connectivity index (χ4n) is 1.88. The molecule has 0 amide bonds. The number of aromatic nitrogens is 2. The average molecular weight is 236 g/mol. The molecule has 0 aliphatic heterocycles. The summed E-state index contributed by atoms with van der Waals surface area (Å²) in [7, 11) is 2.72. The van der Waals surface area contributed by atoms with Crippen molar-refractivity contribution in [3.63, 3.8) is 0 Å². The number of aryl methyl sites for hydroxylation is 1. The number of rotatable bonds is 2. The molecule has 2 rings (SSSR count). The van der Waals surface area contributed by atoms with E-state index in [2.05, 4.69) is 14.7 Å². The van der Waals surface area contributed by atoms with Crippen molar-refractivity contribution in [3.8, 4) is 6.01 Å². The first-order valence-electron chi connectivity index (χ1n) is 5.17. The van der Waals surface area contributed by atoms with Crippen LogP contribution in [-0.2, 0) is 20.7 Å². The van der Waals surface area contributed by atoms with Gasteiger partial charge in [-0.2, -0.15) is 4.98 Å². The highest BCUT2D eigenvalue weighted by Crippen LogP contribution is 2.29. The summed E-state index contributed by atoms with van der Waals surface area (Å²) in [5, 5.41) is 0. The molecular formula is C11H12N2O4. The predicted octanol–water partition coefficient (Wildman–Crippen LogP) is 0.257. The molecule has 1 aliphatic carbocycles. The molecule has 1 aromatic heterocycles. The lowest BCUT2D eigenvalue weighted by Gasteiger charge is -2.21. The third-order valence-electron chi connectivity index (χ3n) is 2.74. The van der Waals surface area contributed by atoms with Gasteiger partial charge >= 0.3 is 12.0 Å². The van der Waals surface area contributed by atoms with Crippen LogP contribution < -0.4 is 4.74 Å². The Kier molecular flexibility index (Phi) is 3.03. The lowest BCUT2D eigenvalue weighted by Crippen LogP contribution is -2.29. The second-order valence-electron chi connectivity index (χ2n) is 3.68. The second-order valence-corrected chi connectivity index (χ2v) is 3.68. The average Bonchev–Trinajstić information content (AvgIpc) is 2.37. The van der Waals surface area contributed by atoms with E-state index in [-0.39, 0.29) is 18.2 Å². The van der Waals surface area contributed by atoms with E-state index in [1.807, 2.05) is 0 Å². The molecule has 0 radical (unpaired) electrons. The van der Waals surface area contributed by atoms with E-state index in [9.17, 15) is 9.59 Å². The van der Waals surface area contributed by atoms with Gasteiger partial charge in [-0.25, -0.2) is 4.98 Å². The largest absolute Gasteiger partial charge is 0.468 e. The van der Waals surface area contributed by atoms with E-state index < -0.39 is 11.9 Å². The molecular weight excluding hydrogens is 224 g/mol. The molecule has 0 spiro atoms. The van der Waals surface area contributed by atoms with Gasteiger partial charge in [-0.3, -0.25) is 9.59 Å². The van der Waals surface area contributed by atoms with Crippen LogP contribution in [0.1, 0.15) is 23.6 Å². The number of carbonyl (C=O) groups is 2. The van der Waals surface area contributed by atoms with Crippen molar-refractivity contribution >= 4 is 11.8 Å². The van der Waals surface area contributed by atoms with E-state index in [0.717, 1.165) is 0 Å². The minimum Gasteiger partial charge on any atom is -0.468 e. The lowest BCUT2D eigenvalue weighted by molar-refractivity contribution is -0.146. The van der Waals surface area contributed by atoms with Crippen molar-refractivity contribution in [1.29, 1.82) is 0 Å². The number of fused-ring (bicyclic) bond motifs is 1. The number of ketones is 1. The number of hydrogen-bond acceptors (Lipinski definition) is 6. The molecule has 0 saturated heterocycles. The van der Waals surface area contributed by atoms with E-state index in [1.54, 1.807) is 0 Å². The van der Waals surface area contributed by atoms with Gasteiger partial charge in [-0.1, -0.05) is 0 Å². The molecule has 90 valence electrons. The van der Waals surface area contributed by atoms with Crippen LogP contribution in [-0.4, -0.2) is 35.9 Å². The van der Waals surface area contributed by atoms with Gasteiger partial charge in [0.1, 0.15) is 5.92 Å². The fourth-order valence-corrected chi connectivity index (χ4v) is 1.88. The summed E-state index contributed by atoms with van der Waals surface area (Å²) >= 11 is 0. The molecule has 0 bridgehead atoms. The van der Waals surface area contributed by atoms with Crippen LogP contribution in [0.3, 0.4) is 0 Å². The van der Waals surface area contributed by atoms with Gasteiger partial charge in [0.25, 0.3) is 0 Å². The molecule has 1 atom stereocenters. The maximum atomic E-state index is 11.7. The molecule has 1 aromatic rings. The van der Waals surface area contributed by atoms with Crippen LogP contribution in [0.25, 0.3) is 0 Å². The molecule has 0 fully saturated rings. The number of methoxy groups -OCH3 is 2. The first-order valence-corrected chi connectivity index (χ1v) is 5.17. The Morgan fingerprint density at radius 2 is 2.18 bits per heavy atom. The zero-order chi connectivity index (χ0) is 12.4. The Morgan fingerprint density at radius 3 is 2.82 bits per heavy atom. The monoisotopic (exact) mass is 236 g/mol. The summed E-state index contributed by atoms with van der Waals surface area (Å²) in [6, 6.07) is 0.238. The number of nitrogens with zero attached hydrogens (tertiary/aromatic N) is 2. The maximum absolute atomic E-state index is 11.7. The number of hydrogen-bond donors (Lipinski definition) is 0. The van der Waals surface area contributed by atoms with Crippen LogP contribution in [0, 0.1) is 0 Å². The third-order valence-corrected chi connectivity index (χ3v) is 2.74. The van der Waals surface area contributed by atoms with Crippen molar-refractivity contribution in [2.45, 2.75) is 18.8 Å². The van der Waals surface area contributed by atoms with Crippen LogP contribution >= 0.6 is 0 Å². The second kappa shape index (κ2) is 4.48. The van der Waals surface area contributed by atoms with Gasteiger partial charge in [0, 0.05) is 18.2 Å². The summed E-state index contributed by atoms with van der Waals surface area (Å²) in [6.07, 6.45) is 2.24. The molecule has 17 heavy (non-hydrogen) atoms. The van der Waals surface area contributed by atoms with E-state index >= 15 is 0 Å². The Bertz CT molecular complexity index is 473. The van der Waals surface area contributed by atoms with E-state index in [1.165, 1.54) is 20.4 Å². The summed E-state index contributed by atoms with van der Waals surface area (Å²) in [4.78, 5) is 31.3. The SMILES string of the molecule is COC(=O)C1C(=O)CCc2nc(OC)ncc21. The summed E-state index contributed by atoms with van der Waals surface area (Å²) in [6.45, 7) is 0. The Hall–Kier alpha value is -1.98. The predicted molar refractivity (Wildman–Crippen MR) is 56.7 cm³/mol. The standard InChI is InChI=1S/C11H12N2O4/c1-16-10(15)9-6-5-12-11(17-2)13-7(6)3-4-8(9)14/h5,9H,3-4H2,1-2H3. The Morgan fingerprint density at radius 1 is 1.41 bits per heavy atom. The normalized spacial score (nSPS) is 18.5. The molecule has 0 saturated carbocycles. The number of carbonyl (C=O) groups excluding carboxylic acids is 2. The molecule has 1 unspecified atom stereocenters. The molecule has 0 aromatic carbocycles. The summed E-state index contributed by atoms with van der Waals surface area (Å²) in [5.41, 5.74) is 1.20. The number of Topliss-reactive ketones (excluding diaryl/α,β-unsaturated/α-hetero) is 1. The van der Waals surface area contributed by atoms with Gasteiger partial charge in [-0.05, 0) is 6.42 Å². The van der Waals surface area contributed by atoms with Crippen molar-refractivity contribution in [2.24, 2.45) is 0 Å². The van der Waals surface area contributed by atoms with Gasteiger partial charge in [0.15, 0.2) is 5.78 Å². The lowest BCUT2D eigenvalue weighted by atomic mass is 9.85. The minimum atomic E-state index is -0.894. The number of ether oxygens (including phenoxy) is 2. The van der Waals surface area contributed by atoms with Gasteiger partial charge in [0.2, 0.25) is 0 Å². The summed E-state index contributed by atoms with van der Waals surface area (Å²) < 4.78 is 9.53. The van der Waals surface area contributed by atoms with E-state index in [0.29, 0.717) is 17.7 Å². The first-order chi connectivity index (χ1) is 8.17. The maximum Gasteiger partial charge on any atom is 0.320 e. The molecule has 6 heteroatoms. The first kappa shape index (κ1) is 11.5. The minimum absolute atomic E-state index is 0.155. The van der Waals surface area contributed by atoms with E-state index in [4.69, 9.17) is 4.74 Å². The van der Waals surface area contributed by atoms with Crippen molar-refractivity contribution in [3.05, 3.63) is 17.5 Å². The van der Waals surface area contributed by atoms with Crippen molar-refractivity contribution < 1.29 is 19.1 Å². The van der Waals surface area contributed by atoms with Crippen LogP contribution in [0.2, 0.25) is 0 Å². The van der Waals surface area contributed by atoms with Crippen LogP contribution in [0.4, 0.5) is 0 Å². The highest BCUT2D eigenvalue weighted by Gasteiger charge is 2.35.